The van der Waals surface area contributed by atoms with Crippen molar-refractivity contribution < 1.29 is 18.3 Å². The maximum Gasteiger partial charge on any atom is 0.387 e. The van der Waals surface area contributed by atoms with Crippen molar-refractivity contribution in [3.63, 3.8) is 0 Å². The van der Waals surface area contributed by atoms with E-state index < -0.39 is 6.61 Å². The van der Waals surface area contributed by atoms with Gasteiger partial charge in [0.25, 0.3) is 5.91 Å². The first-order chi connectivity index (χ1) is 9.08. The zero-order chi connectivity index (χ0) is 13.8. The first-order valence-corrected chi connectivity index (χ1v) is 6.08. The zero-order valence-corrected chi connectivity index (χ0v) is 10.5. The summed E-state index contributed by atoms with van der Waals surface area (Å²) < 4.78 is 28.8. The molecule has 2 rings (SSSR count). The van der Waals surface area contributed by atoms with E-state index in [2.05, 4.69) is 10.1 Å². The average Bonchev–Trinajstić information content (AvgIpc) is 2.84. The minimum absolute atomic E-state index is 0.0344. The van der Waals surface area contributed by atoms with Crippen molar-refractivity contribution in [2.45, 2.75) is 32.4 Å². The molecule has 0 aliphatic heterocycles. The normalized spacial score (nSPS) is 14.9. The van der Waals surface area contributed by atoms with E-state index in [1.165, 1.54) is 12.1 Å². The lowest BCUT2D eigenvalue weighted by molar-refractivity contribution is -0.0503. The minimum Gasteiger partial charge on any atom is -0.435 e. The molecule has 1 aromatic rings. The summed E-state index contributed by atoms with van der Waals surface area (Å²) in [6.45, 7) is -1.30. The molecular formula is C14H15F2NO2. The van der Waals surface area contributed by atoms with Crippen LogP contribution in [-0.4, -0.2) is 18.6 Å². The summed E-state index contributed by atoms with van der Waals surface area (Å²) >= 11 is 0. The number of carbonyl (C=O) groups is 1. The number of carbonyl (C=O) groups excluding carboxylic acids is 1. The molecule has 0 aromatic heterocycles. The molecule has 0 heterocycles. The number of ether oxygens (including phenoxy) is 1. The van der Waals surface area contributed by atoms with E-state index in [1.54, 1.807) is 13.0 Å². The number of hydrogen-bond acceptors (Lipinski definition) is 2. The van der Waals surface area contributed by atoms with Crippen LogP contribution in [0.2, 0.25) is 0 Å². The van der Waals surface area contributed by atoms with Gasteiger partial charge in [0.05, 0.1) is 0 Å². The first kappa shape index (κ1) is 13.5. The summed E-state index contributed by atoms with van der Waals surface area (Å²) in [5, 5.41) is 2.87. The summed E-state index contributed by atoms with van der Waals surface area (Å²) in [5.74, 6) is -0.224. The van der Waals surface area contributed by atoms with Gasteiger partial charge >= 0.3 is 6.61 Å². The minimum atomic E-state index is -2.89. The Morgan fingerprint density at radius 2 is 2.05 bits per heavy atom. The third-order valence-electron chi connectivity index (χ3n) is 3.09. The lowest BCUT2D eigenvalue weighted by atomic mass is 10.1. The lowest BCUT2D eigenvalue weighted by Crippen LogP contribution is -2.33. The largest absolute Gasteiger partial charge is 0.435 e. The molecule has 5 heteroatoms. The highest BCUT2D eigenvalue weighted by molar-refractivity contribution is 5.96. The molecule has 3 nitrogen and oxygen atoms in total. The van der Waals surface area contributed by atoms with Crippen molar-refractivity contribution in [1.82, 2.24) is 5.32 Å². The summed E-state index contributed by atoms with van der Waals surface area (Å²) in [7, 11) is 0. The molecule has 0 unspecified atom stereocenters. The molecule has 0 fully saturated rings. The molecular weight excluding hydrogens is 252 g/mol. The van der Waals surface area contributed by atoms with Crippen LogP contribution in [0.4, 0.5) is 8.78 Å². The SMILES string of the molecule is Cc1c(OC(F)F)cccc1C(=O)NC1CC=CC1. The molecule has 0 radical (unpaired) electrons. The predicted octanol–water partition coefficient (Wildman–Crippen LogP) is 3.04. The van der Waals surface area contributed by atoms with Gasteiger partial charge in [-0.1, -0.05) is 18.2 Å². The van der Waals surface area contributed by atoms with Gasteiger partial charge in [-0.3, -0.25) is 4.79 Å². The lowest BCUT2D eigenvalue weighted by Gasteiger charge is -2.15. The Hall–Kier alpha value is -1.91. The highest BCUT2D eigenvalue weighted by atomic mass is 19.3. The number of hydrogen-bond donors (Lipinski definition) is 1. The Kier molecular flexibility index (Phi) is 4.14. The standard InChI is InChI=1S/C14H15F2NO2/c1-9-11(7-4-8-12(9)19-14(15)16)13(18)17-10-5-2-3-6-10/h2-4,7-8,10,14H,5-6H2,1H3,(H,17,18). The second kappa shape index (κ2) is 5.82. The van der Waals surface area contributed by atoms with Crippen molar-refractivity contribution in [2.24, 2.45) is 0 Å². The molecule has 1 aliphatic rings. The summed E-state index contributed by atoms with van der Waals surface area (Å²) in [4.78, 5) is 12.1. The molecule has 0 saturated heterocycles. The van der Waals surface area contributed by atoms with E-state index in [4.69, 9.17) is 0 Å². The third kappa shape index (κ3) is 3.30. The number of alkyl halides is 2. The molecule has 1 aliphatic carbocycles. The molecule has 0 spiro atoms. The van der Waals surface area contributed by atoms with Gasteiger partial charge in [0.15, 0.2) is 0 Å². The Morgan fingerprint density at radius 3 is 2.68 bits per heavy atom. The van der Waals surface area contributed by atoms with E-state index in [9.17, 15) is 13.6 Å². The second-order valence-corrected chi connectivity index (χ2v) is 4.42. The molecule has 19 heavy (non-hydrogen) atoms. The first-order valence-electron chi connectivity index (χ1n) is 6.08. The topological polar surface area (TPSA) is 38.3 Å². The molecule has 1 N–H and O–H groups in total. The van der Waals surface area contributed by atoms with E-state index in [0.29, 0.717) is 11.1 Å². The second-order valence-electron chi connectivity index (χ2n) is 4.42. The monoisotopic (exact) mass is 267 g/mol. The van der Waals surface area contributed by atoms with Crippen LogP contribution in [0.25, 0.3) is 0 Å². The highest BCUT2D eigenvalue weighted by Gasteiger charge is 2.18. The fourth-order valence-corrected chi connectivity index (χ4v) is 2.08. The predicted molar refractivity (Wildman–Crippen MR) is 67.4 cm³/mol. The van der Waals surface area contributed by atoms with Crippen LogP contribution >= 0.6 is 0 Å². The fraction of sp³-hybridized carbons (Fsp3) is 0.357. The molecule has 0 bridgehead atoms. The van der Waals surface area contributed by atoms with Crippen LogP contribution in [0.1, 0.15) is 28.8 Å². The Balaban J connectivity index is 2.12. The number of amides is 1. The van der Waals surface area contributed by atoms with Gasteiger partial charge in [-0.15, -0.1) is 0 Å². The van der Waals surface area contributed by atoms with Crippen LogP contribution in [-0.2, 0) is 0 Å². The third-order valence-corrected chi connectivity index (χ3v) is 3.09. The van der Waals surface area contributed by atoms with Gasteiger partial charge in [0.1, 0.15) is 5.75 Å². The summed E-state index contributed by atoms with van der Waals surface area (Å²) in [5.41, 5.74) is 0.788. The Labute approximate surface area is 110 Å². The molecule has 1 amide bonds. The Morgan fingerprint density at radius 1 is 1.37 bits per heavy atom. The van der Waals surface area contributed by atoms with Crippen molar-refractivity contribution in [1.29, 1.82) is 0 Å². The number of halogens is 2. The fourth-order valence-electron chi connectivity index (χ4n) is 2.08. The molecule has 102 valence electrons. The van der Waals surface area contributed by atoms with Crippen molar-refractivity contribution >= 4 is 5.91 Å². The molecule has 0 atom stereocenters. The van der Waals surface area contributed by atoms with Crippen molar-refractivity contribution in [3.8, 4) is 5.75 Å². The summed E-state index contributed by atoms with van der Waals surface area (Å²) in [6, 6.07) is 4.65. The average molecular weight is 267 g/mol. The van der Waals surface area contributed by atoms with Crippen LogP contribution in [0.5, 0.6) is 5.75 Å². The van der Waals surface area contributed by atoms with Crippen LogP contribution < -0.4 is 10.1 Å². The van der Waals surface area contributed by atoms with Gasteiger partial charge in [-0.25, -0.2) is 0 Å². The number of benzene rings is 1. The van der Waals surface area contributed by atoms with Gasteiger partial charge in [0.2, 0.25) is 0 Å². The van der Waals surface area contributed by atoms with E-state index in [1.807, 2.05) is 12.2 Å². The van der Waals surface area contributed by atoms with E-state index >= 15 is 0 Å². The van der Waals surface area contributed by atoms with Gasteiger partial charge < -0.3 is 10.1 Å². The van der Waals surface area contributed by atoms with E-state index in [-0.39, 0.29) is 17.7 Å². The van der Waals surface area contributed by atoms with Crippen LogP contribution in [0, 0.1) is 6.92 Å². The van der Waals surface area contributed by atoms with Gasteiger partial charge in [0, 0.05) is 17.2 Å². The molecule has 0 saturated carbocycles. The Bertz CT molecular complexity index is 492. The van der Waals surface area contributed by atoms with Crippen molar-refractivity contribution in [3.05, 3.63) is 41.5 Å². The highest BCUT2D eigenvalue weighted by Crippen LogP contribution is 2.23. The number of rotatable bonds is 4. The van der Waals surface area contributed by atoms with Gasteiger partial charge in [-0.2, -0.15) is 8.78 Å². The van der Waals surface area contributed by atoms with Crippen LogP contribution in [0.3, 0.4) is 0 Å². The van der Waals surface area contributed by atoms with Crippen LogP contribution in [0.15, 0.2) is 30.4 Å². The summed E-state index contributed by atoms with van der Waals surface area (Å²) in [6.07, 6.45) is 5.62. The van der Waals surface area contributed by atoms with E-state index in [0.717, 1.165) is 12.8 Å². The number of nitrogens with one attached hydrogen (secondary N) is 1. The maximum absolute atomic E-state index is 12.2. The maximum atomic E-state index is 12.2. The zero-order valence-electron chi connectivity index (χ0n) is 10.5. The smallest absolute Gasteiger partial charge is 0.387 e. The van der Waals surface area contributed by atoms with Crippen molar-refractivity contribution in [2.75, 3.05) is 0 Å². The molecule has 1 aromatic carbocycles. The quantitative estimate of drug-likeness (QED) is 0.851. The van der Waals surface area contributed by atoms with Gasteiger partial charge in [-0.05, 0) is 31.9 Å².